The lowest BCUT2D eigenvalue weighted by Gasteiger charge is -2.09. The van der Waals surface area contributed by atoms with E-state index in [1.807, 2.05) is 36.4 Å². The van der Waals surface area contributed by atoms with E-state index in [0.717, 1.165) is 16.7 Å². The van der Waals surface area contributed by atoms with E-state index in [4.69, 9.17) is 9.47 Å². The average molecular weight is 351 g/mol. The molecule has 0 aliphatic heterocycles. The summed E-state index contributed by atoms with van der Waals surface area (Å²) in [5, 5.41) is 10.5. The maximum absolute atomic E-state index is 12.1. The first-order valence-corrected chi connectivity index (χ1v) is 8.01. The van der Waals surface area contributed by atoms with Gasteiger partial charge >= 0.3 is 11.9 Å². The van der Waals surface area contributed by atoms with Crippen LogP contribution in [0.25, 0.3) is 22.4 Å². The van der Waals surface area contributed by atoms with Crippen molar-refractivity contribution in [1.82, 2.24) is 15.4 Å². The molecule has 0 unspecified atom stereocenters. The molecule has 0 spiro atoms. The summed E-state index contributed by atoms with van der Waals surface area (Å²) in [5.41, 5.74) is 3.45. The summed E-state index contributed by atoms with van der Waals surface area (Å²) in [6, 6.07) is 14.5. The second-order valence-corrected chi connectivity index (χ2v) is 5.36. The quantitative estimate of drug-likeness (QED) is 0.710. The largest absolute Gasteiger partial charge is 0.465 e. The molecule has 0 aliphatic rings. The molecular weight excluding hydrogens is 334 g/mol. The Balaban J connectivity index is 2.04. The monoisotopic (exact) mass is 351 g/mol. The number of carbonyl (C=O) groups excluding carboxylic acids is 2. The van der Waals surface area contributed by atoms with Gasteiger partial charge in [-0.05, 0) is 30.2 Å². The number of H-pyrrole nitrogens is 1. The van der Waals surface area contributed by atoms with Crippen molar-refractivity contribution in [3.63, 3.8) is 0 Å². The number of methoxy groups -OCH3 is 1. The summed E-state index contributed by atoms with van der Waals surface area (Å²) in [7, 11) is 1.34. The van der Waals surface area contributed by atoms with Gasteiger partial charge in [-0.2, -0.15) is 10.3 Å². The first-order valence-electron chi connectivity index (χ1n) is 8.01. The molecule has 7 nitrogen and oxygen atoms in total. The van der Waals surface area contributed by atoms with Gasteiger partial charge in [0.05, 0.1) is 19.3 Å². The number of esters is 2. The van der Waals surface area contributed by atoms with Crippen LogP contribution in [0.5, 0.6) is 0 Å². The minimum Gasteiger partial charge on any atom is -0.465 e. The number of aromatic nitrogens is 3. The second-order valence-electron chi connectivity index (χ2n) is 5.36. The molecule has 2 aromatic carbocycles. The molecular formula is C19H17N3O4. The van der Waals surface area contributed by atoms with Gasteiger partial charge in [0, 0.05) is 5.56 Å². The smallest absolute Gasteiger partial charge is 0.361 e. The number of carbonyl (C=O) groups is 2. The lowest BCUT2D eigenvalue weighted by molar-refractivity contribution is 0.0519. The van der Waals surface area contributed by atoms with Crippen LogP contribution in [0.15, 0.2) is 48.5 Å². The molecule has 132 valence electrons. The highest BCUT2D eigenvalue weighted by Crippen LogP contribution is 2.32. The van der Waals surface area contributed by atoms with Crippen molar-refractivity contribution in [2.75, 3.05) is 13.7 Å². The van der Waals surface area contributed by atoms with Gasteiger partial charge in [-0.3, -0.25) is 0 Å². The van der Waals surface area contributed by atoms with Crippen LogP contribution in [0.1, 0.15) is 27.8 Å². The predicted octanol–water partition coefficient (Wildman–Crippen LogP) is 3.10. The zero-order valence-corrected chi connectivity index (χ0v) is 14.4. The van der Waals surface area contributed by atoms with E-state index in [0.29, 0.717) is 11.3 Å². The van der Waals surface area contributed by atoms with E-state index in [1.54, 1.807) is 19.1 Å². The molecule has 26 heavy (non-hydrogen) atoms. The van der Waals surface area contributed by atoms with Crippen LogP contribution < -0.4 is 0 Å². The minimum atomic E-state index is -0.535. The first-order chi connectivity index (χ1) is 12.7. The van der Waals surface area contributed by atoms with Crippen molar-refractivity contribution in [1.29, 1.82) is 0 Å². The highest BCUT2D eigenvalue weighted by molar-refractivity contribution is 5.97. The number of ether oxygens (including phenoxy) is 2. The van der Waals surface area contributed by atoms with Gasteiger partial charge in [-0.25, -0.2) is 9.59 Å². The van der Waals surface area contributed by atoms with E-state index >= 15 is 0 Å². The van der Waals surface area contributed by atoms with E-state index < -0.39 is 11.9 Å². The topological polar surface area (TPSA) is 94.2 Å². The molecule has 0 fully saturated rings. The van der Waals surface area contributed by atoms with Crippen LogP contribution >= 0.6 is 0 Å². The summed E-state index contributed by atoms with van der Waals surface area (Å²) in [6.07, 6.45) is 0. The molecule has 3 aromatic rings. The third-order valence-corrected chi connectivity index (χ3v) is 3.82. The van der Waals surface area contributed by atoms with Gasteiger partial charge in [0.25, 0.3) is 0 Å². The molecule has 0 amide bonds. The maximum atomic E-state index is 12.1. The zero-order valence-electron chi connectivity index (χ0n) is 14.4. The summed E-state index contributed by atoms with van der Waals surface area (Å²) >= 11 is 0. The van der Waals surface area contributed by atoms with Crippen LogP contribution in [0, 0.1) is 0 Å². The first kappa shape index (κ1) is 17.3. The van der Waals surface area contributed by atoms with Crippen LogP contribution in [0.4, 0.5) is 0 Å². The van der Waals surface area contributed by atoms with Gasteiger partial charge in [0.2, 0.25) is 0 Å². The normalized spacial score (nSPS) is 10.4. The van der Waals surface area contributed by atoms with Crippen molar-refractivity contribution >= 4 is 11.9 Å². The number of hydrogen-bond acceptors (Lipinski definition) is 6. The Bertz CT molecular complexity index is 932. The third-order valence-electron chi connectivity index (χ3n) is 3.82. The number of benzene rings is 2. The van der Waals surface area contributed by atoms with Crippen molar-refractivity contribution in [3.05, 3.63) is 59.8 Å². The number of aromatic amines is 1. The summed E-state index contributed by atoms with van der Waals surface area (Å²) in [4.78, 5) is 23.7. The van der Waals surface area contributed by atoms with Gasteiger partial charge in [-0.15, -0.1) is 5.10 Å². The van der Waals surface area contributed by atoms with Gasteiger partial charge in [-0.1, -0.05) is 36.4 Å². The van der Waals surface area contributed by atoms with Gasteiger partial charge in [0.15, 0.2) is 5.69 Å². The minimum absolute atomic E-state index is 0.130. The summed E-state index contributed by atoms with van der Waals surface area (Å²) < 4.78 is 9.75. The summed E-state index contributed by atoms with van der Waals surface area (Å²) in [5.74, 6) is -0.932. The van der Waals surface area contributed by atoms with Gasteiger partial charge in [0.1, 0.15) is 5.69 Å². The Labute approximate surface area is 150 Å². The Morgan fingerprint density at radius 3 is 2.31 bits per heavy atom. The average Bonchev–Trinajstić information content (AvgIpc) is 3.17. The maximum Gasteiger partial charge on any atom is 0.361 e. The SMILES string of the molecule is CCOC(=O)c1n[nH]nc1-c1ccccc1-c1ccc(C(=O)OC)cc1. The lowest BCUT2D eigenvalue weighted by Crippen LogP contribution is -2.07. The van der Waals surface area contributed by atoms with Crippen molar-refractivity contribution in [2.45, 2.75) is 6.92 Å². The van der Waals surface area contributed by atoms with E-state index in [2.05, 4.69) is 15.4 Å². The molecule has 3 rings (SSSR count). The third kappa shape index (κ3) is 3.32. The molecule has 0 aliphatic carbocycles. The molecule has 0 bridgehead atoms. The molecule has 1 heterocycles. The van der Waals surface area contributed by atoms with Crippen LogP contribution in [0.2, 0.25) is 0 Å². The summed E-state index contributed by atoms with van der Waals surface area (Å²) in [6.45, 7) is 1.98. The molecule has 0 saturated heterocycles. The molecule has 1 N–H and O–H groups in total. The van der Waals surface area contributed by atoms with Crippen molar-refractivity contribution in [3.8, 4) is 22.4 Å². The van der Waals surface area contributed by atoms with Crippen LogP contribution in [-0.2, 0) is 9.47 Å². The Morgan fingerprint density at radius 1 is 0.962 bits per heavy atom. The van der Waals surface area contributed by atoms with Gasteiger partial charge < -0.3 is 9.47 Å². The Hall–Kier alpha value is -3.48. The standard InChI is InChI=1S/C19H17N3O4/c1-3-26-19(24)17-16(20-22-21-17)15-7-5-4-6-14(15)12-8-10-13(11-9-12)18(23)25-2/h4-11H,3H2,1-2H3,(H,20,21,22). The second kappa shape index (κ2) is 7.60. The number of nitrogens with zero attached hydrogens (tertiary/aromatic N) is 2. The van der Waals surface area contributed by atoms with Crippen molar-refractivity contribution < 1.29 is 19.1 Å². The molecule has 0 saturated carbocycles. The fourth-order valence-electron chi connectivity index (χ4n) is 2.61. The van der Waals surface area contributed by atoms with E-state index in [9.17, 15) is 9.59 Å². The van der Waals surface area contributed by atoms with Crippen LogP contribution in [-0.4, -0.2) is 41.1 Å². The Morgan fingerprint density at radius 2 is 1.65 bits per heavy atom. The van der Waals surface area contributed by atoms with Crippen molar-refractivity contribution in [2.24, 2.45) is 0 Å². The van der Waals surface area contributed by atoms with E-state index in [1.165, 1.54) is 7.11 Å². The molecule has 0 radical (unpaired) electrons. The number of rotatable bonds is 5. The number of hydrogen-bond donors (Lipinski definition) is 1. The number of nitrogens with one attached hydrogen (secondary N) is 1. The predicted molar refractivity (Wildman–Crippen MR) is 94.6 cm³/mol. The molecule has 7 heteroatoms. The lowest BCUT2D eigenvalue weighted by atomic mass is 9.96. The highest BCUT2D eigenvalue weighted by Gasteiger charge is 2.21. The molecule has 1 aromatic heterocycles. The molecule has 0 atom stereocenters. The fourth-order valence-corrected chi connectivity index (χ4v) is 2.61. The highest BCUT2D eigenvalue weighted by atomic mass is 16.5. The van der Waals surface area contributed by atoms with Crippen LogP contribution in [0.3, 0.4) is 0 Å². The fraction of sp³-hybridized carbons (Fsp3) is 0.158. The zero-order chi connectivity index (χ0) is 18.5. The Kier molecular flexibility index (Phi) is 5.07. The van der Waals surface area contributed by atoms with E-state index in [-0.39, 0.29) is 12.3 Å².